The van der Waals surface area contributed by atoms with Gasteiger partial charge in [0.05, 0.1) is 0 Å². The average molecular weight is 360 g/mol. The lowest BCUT2D eigenvalue weighted by atomic mass is 9.92. The summed E-state index contributed by atoms with van der Waals surface area (Å²) in [5.74, 6) is -0.237. The van der Waals surface area contributed by atoms with E-state index in [1.165, 1.54) is 0 Å². The normalized spacial score (nSPS) is 14.9. The molecule has 1 heterocycles. The van der Waals surface area contributed by atoms with Crippen LogP contribution >= 0.6 is 12.4 Å². The van der Waals surface area contributed by atoms with Crippen LogP contribution in [0.15, 0.2) is 48.5 Å². The third-order valence-electron chi connectivity index (χ3n) is 4.46. The molecule has 1 atom stereocenters. The van der Waals surface area contributed by atoms with Gasteiger partial charge < -0.3 is 16.0 Å². The predicted octanol–water partition coefficient (Wildman–Crippen LogP) is 2.83. The molecule has 2 amide bonds. The standard InChI is InChI=1S/C19H21N3O2.ClH/c1-13(23)22-11-10-14-12-16(8-9-17(14)22)21-18(24)19(2,20)15-6-4-3-5-7-15;/h3-9,12H,10-11,20H2,1-2H3,(H,21,24);1H. The van der Waals surface area contributed by atoms with Gasteiger partial charge in [-0.15, -0.1) is 12.4 Å². The largest absolute Gasteiger partial charge is 0.324 e. The maximum absolute atomic E-state index is 12.6. The lowest BCUT2D eigenvalue weighted by Crippen LogP contribution is -2.45. The Hall–Kier alpha value is -2.37. The Morgan fingerprint density at radius 1 is 1.16 bits per heavy atom. The Balaban J connectivity index is 0.00000225. The van der Waals surface area contributed by atoms with E-state index in [1.54, 1.807) is 24.8 Å². The molecule has 0 saturated carbocycles. The van der Waals surface area contributed by atoms with Crippen molar-refractivity contribution in [1.29, 1.82) is 0 Å². The molecule has 0 radical (unpaired) electrons. The highest BCUT2D eigenvalue weighted by Gasteiger charge is 2.31. The molecule has 1 aliphatic rings. The molecule has 0 spiro atoms. The maximum Gasteiger partial charge on any atom is 0.248 e. The Bertz CT molecular complexity index is 791. The summed E-state index contributed by atoms with van der Waals surface area (Å²) >= 11 is 0. The van der Waals surface area contributed by atoms with E-state index in [0.29, 0.717) is 12.2 Å². The highest BCUT2D eigenvalue weighted by Crippen LogP contribution is 2.31. The molecule has 3 rings (SSSR count). The average Bonchev–Trinajstić information content (AvgIpc) is 2.99. The van der Waals surface area contributed by atoms with Gasteiger partial charge in [-0.1, -0.05) is 30.3 Å². The summed E-state index contributed by atoms with van der Waals surface area (Å²) < 4.78 is 0. The molecule has 2 aromatic rings. The van der Waals surface area contributed by atoms with Crippen LogP contribution in [0.3, 0.4) is 0 Å². The van der Waals surface area contributed by atoms with Gasteiger partial charge in [0.2, 0.25) is 11.8 Å². The monoisotopic (exact) mass is 359 g/mol. The van der Waals surface area contributed by atoms with Crippen LogP contribution in [0, 0.1) is 0 Å². The van der Waals surface area contributed by atoms with Crippen molar-refractivity contribution in [2.24, 2.45) is 5.73 Å². The van der Waals surface area contributed by atoms with Gasteiger partial charge in [-0.3, -0.25) is 9.59 Å². The second kappa shape index (κ2) is 7.25. The van der Waals surface area contributed by atoms with Crippen LogP contribution in [-0.2, 0) is 21.5 Å². The number of nitrogens with one attached hydrogen (secondary N) is 1. The van der Waals surface area contributed by atoms with Crippen LogP contribution in [0.2, 0.25) is 0 Å². The molecule has 132 valence electrons. The van der Waals surface area contributed by atoms with Crippen molar-refractivity contribution in [2.45, 2.75) is 25.8 Å². The Labute approximate surface area is 153 Å². The quantitative estimate of drug-likeness (QED) is 0.884. The fourth-order valence-electron chi connectivity index (χ4n) is 2.98. The van der Waals surface area contributed by atoms with E-state index in [-0.39, 0.29) is 24.2 Å². The van der Waals surface area contributed by atoms with E-state index < -0.39 is 5.54 Å². The second-order valence-corrected chi connectivity index (χ2v) is 6.29. The number of fused-ring (bicyclic) bond motifs is 1. The molecule has 5 nitrogen and oxygen atoms in total. The molecular weight excluding hydrogens is 338 g/mol. The summed E-state index contributed by atoms with van der Waals surface area (Å²) in [6, 6.07) is 14.9. The summed E-state index contributed by atoms with van der Waals surface area (Å²) in [4.78, 5) is 26.0. The SMILES string of the molecule is CC(=O)N1CCc2cc(NC(=O)C(C)(N)c3ccccc3)ccc21.Cl. The number of nitrogens with zero attached hydrogens (tertiary/aromatic N) is 1. The van der Waals surface area contributed by atoms with Gasteiger partial charge in [0, 0.05) is 24.8 Å². The molecule has 0 aliphatic carbocycles. The molecule has 1 aliphatic heterocycles. The minimum absolute atomic E-state index is 0. The van der Waals surface area contributed by atoms with Crippen molar-refractivity contribution >= 4 is 35.6 Å². The molecule has 1 unspecified atom stereocenters. The first-order valence-corrected chi connectivity index (χ1v) is 7.96. The van der Waals surface area contributed by atoms with Crippen molar-refractivity contribution in [3.63, 3.8) is 0 Å². The fourth-order valence-corrected chi connectivity index (χ4v) is 2.98. The first-order chi connectivity index (χ1) is 11.4. The molecule has 6 heteroatoms. The predicted molar refractivity (Wildman–Crippen MR) is 102 cm³/mol. The van der Waals surface area contributed by atoms with Crippen LogP contribution in [0.1, 0.15) is 25.0 Å². The number of amides is 2. The highest BCUT2D eigenvalue weighted by atomic mass is 35.5. The van der Waals surface area contributed by atoms with Gasteiger partial charge in [0.15, 0.2) is 0 Å². The van der Waals surface area contributed by atoms with E-state index >= 15 is 0 Å². The van der Waals surface area contributed by atoms with Crippen LogP contribution in [0.25, 0.3) is 0 Å². The zero-order valence-electron chi connectivity index (χ0n) is 14.3. The summed E-state index contributed by atoms with van der Waals surface area (Å²) in [5, 5.41) is 2.89. The smallest absolute Gasteiger partial charge is 0.248 e. The molecule has 0 saturated heterocycles. The molecular formula is C19H22ClN3O2. The Morgan fingerprint density at radius 2 is 1.84 bits per heavy atom. The summed E-state index contributed by atoms with van der Waals surface area (Å²) in [6.45, 7) is 3.94. The first kappa shape index (κ1) is 19.0. The van der Waals surface area contributed by atoms with Gasteiger partial charge in [-0.2, -0.15) is 0 Å². The second-order valence-electron chi connectivity index (χ2n) is 6.29. The molecule has 2 aromatic carbocycles. The van der Waals surface area contributed by atoms with E-state index in [1.807, 2.05) is 42.5 Å². The Morgan fingerprint density at radius 3 is 2.48 bits per heavy atom. The number of anilines is 2. The lowest BCUT2D eigenvalue weighted by Gasteiger charge is -2.24. The number of nitrogens with two attached hydrogens (primary N) is 1. The number of hydrogen-bond acceptors (Lipinski definition) is 3. The minimum Gasteiger partial charge on any atom is -0.324 e. The number of carbonyl (C=O) groups excluding carboxylic acids is 2. The number of carbonyl (C=O) groups is 2. The maximum atomic E-state index is 12.6. The zero-order valence-corrected chi connectivity index (χ0v) is 15.1. The van der Waals surface area contributed by atoms with Crippen molar-refractivity contribution < 1.29 is 9.59 Å². The summed E-state index contributed by atoms with van der Waals surface area (Å²) in [6.07, 6.45) is 0.789. The zero-order chi connectivity index (χ0) is 17.3. The topological polar surface area (TPSA) is 75.4 Å². The van der Waals surface area contributed by atoms with Gasteiger partial charge >= 0.3 is 0 Å². The molecule has 25 heavy (non-hydrogen) atoms. The van der Waals surface area contributed by atoms with E-state index in [4.69, 9.17) is 5.73 Å². The number of rotatable bonds is 3. The van der Waals surface area contributed by atoms with Crippen molar-refractivity contribution in [3.05, 3.63) is 59.7 Å². The van der Waals surface area contributed by atoms with E-state index in [0.717, 1.165) is 23.2 Å². The minimum atomic E-state index is -1.12. The number of halogens is 1. The summed E-state index contributed by atoms with van der Waals surface area (Å²) in [7, 11) is 0. The Kier molecular flexibility index (Phi) is 5.50. The molecule has 0 aromatic heterocycles. The first-order valence-electron chi connectivity index (χ1n) is 7.96. The van der Waals surface area contributed by atoms with E-state index in [9.17, 15) is 9.59 Å². The fraction of sp³-hybridized carbons (Fsp3) is 0.263. The van der Waals surface area contributed by atoms with Gasteiger partial charge in [0.25, 0.3) is 0 Å². The molecule has 0 fully saturated rings. The number of benzene rings is 2. The van der Waals surface area contributed by atoms with E-state index in [2.05, 4.69) is 5.32 Å². The lowest BCUT2D eigenvalue weighted by molar-refractivity contribution is -0.121. The van der Waals surface area contributed by atoms with Crippen LogP contribution in [-0.4, -0.2) is 18.4 Å². The van der Waals surface area contributed by atoms with Gasteiger partial charge in [-0.05, 0) is 42.7 Å². The van der Waals surface area contributed by atoms with Crippen molar-refractivity contribution in [3.8, 4) is 0 Å². The summed E-state index contributed by atoms with van der Waals surface area (Å²) in [5.41, 5.74) is 8.54. The molecule has 0 bridgehead atoms. The van der Waals surface area contributed by atoms with Crippen molar-refractivity contribution in [1.82, 2.24) is 0 Å². The number of hydrogen-bond donors (Lipinski definition) is 2. The highest BCUT2D eigenvalue weighted by molar-refractivity contribution is 5.99. The third kappa shape index (κ3) is 3.67. The van der Waals surface area contributed by atoms with Gasteiger partial charge in [0.1, 0.15) is 5.54 Å². The van der Waals surface area contributed by atoms with Crippen molar-refractivity contribution in [2.75, 3.05) is 16.8 Å². The van der Waals surface area contributed by atoms with Crippen LogP contribution in [0.5, 0.6) is 0 Å². The van der Waals surface area contributed by atoms with Crippen LogP contribution in [0.4, 0.5) is 11.4 Å². The third-order valence-corrected chi connectivity index (χ3v) is 4.46. The van der Waals surface area contributed by atoms with Gasteiger partial charge in [-0.25, -0.2) is 0 Å². The molecule has 3 N–H and O–H groups in total. The van der Waals surface area contributed by atoms with Crippen LogP contribution < -0.4 is 16.0 Å².